The van der Waals surface area contributed by atoms with E-state index in [2.05, 4.69) is 19.2 Å². The van der Waals surface area contributed by atoms with Crippen LogP contribution < -0.4 is 5.32 Å². The number of benzene rings is 1. The van der Waals surface area contributed by atoms with Crippen molar-refractivity contribution in [2.24, 2.45) is 0 Å². The molecule has 1 nitrogen and oxygen atoms in total. The Labute approximate surface area is 108 Å². The lowest BCUT2D eigenvalue weighted by atomic mass is 10.0. The van der Waals surface area contributed by atoms with Crippen molar-refractivity contribution in [1.82, 2.24) is 5.32 Å². The molecule has 0 saturated carbocycles. The van der Waals surface area contributed by atoms with Gasteiger partial charge in [0, 0.05) is 6.04 Å². The first-order valence-corrected chi connectivity index (χ1v) is 6.72. The van der Waals surface area contributed by atoms with Gasteiger partial charge in [-0.05, 0) is 43.5 Å². The number of nitrogens with one attached hydrogen (secondary N) is 1. The predicted octanol–water partition coefficient (Wildman–Crippen LogP) is 4.19. The SMILES string of the molecule is CCCC(CCc1ccc(Cl)c(F)c1)NCC. The summed E-state index contributed by atoms with van der Waals surface area (Å²) in [5.41, 5.74) is 1.02. The molecule has 1 aromatic rings. The van der Waals surface area contributed by atoms with Crippen molar-refractivity contribution < 1.29 is 4.39 Å². The molecular weight excluding hydrogens is 237 g/mol. The largest absolute Gasteiger partial charge is 0.314 e. The summed E-state index contributed by atoms with van der Waals surface area (Å²) in [5, 5.41) is 3.66. The van der Waals surface area contributed by atoms with E-state index in [1.807, 2.05) is 6.07 Å². The first-order chi connectivity index (χ1) is 8.17. The second-order valence-electron chi connectivity index (χ2n) is 4.33. The van der Waals surface area contributed by atoms with Crippen LogP contribution in [-0.2, 0) is 6.42 Å². The summed E-state index contributed by atoms with van der Waals surface area (Å²) >= 11 is 5.66. The van der Waals surface area contributed by atoms with Crippen LogP contribution >= 0.6 is 11.6 Å². The topological polar surface area (TPSA) is 12.0 Å². The Hall–Kier alpha value is -0.600. The molecule has 96 valence electrons. The maximum Gasteiger partial charge on any atom is 0.142 e. The van der Waals surface area contributed by atoms with Gasteiger partial charge in [0.25, 0.3) is 0 Å². The van der Waals surface area contributed by atoms with Crippen LogP contribution in [0.1, 0.15) is 38.7 Å². The monoisotopic (exact) mass is 257 g/mol. The molecule has 0 aliphatic heterocycles. The lowest BCUT2D eigenvalue weighted by molar-refractivity contribution is 0.459. The van der Waals surface area contributed by atoms with Gasteiger partial charge < -0.3 is 5.32 Å². The maximum absolute atomic E-state index is 13.3. The van der Waals surface area contributed by atoms with E-state index in [1.165, 1.54) is 18.9 Å². The zero-order valence-electron chi connectivity index (χ0n) is 10.6. The van der Waals surface area contributed by atoms with Crippen molar-refractivity contribution in [2.75, 3.05) is 6.54 Å². The van der Waals surface area contributed by atoms with Crippen LogP contribution in [0.4, 0.5) is 4.39 Å². The molecule has 0 aliphatic carbocycles. The fraction of sp³-hybridized carbons (Fsp3) is 0.571. The Balaban J connectivity index is 2.49. The van der Waals surface area contributed by atoms with Crippen molar-refractivity contribution in [2.45, 2.75) is 45.6 Å². The number of hydrogen-bond acceptors (Lipinski definition) is 1. The highest BCUT2D eigenvalue weighted by Crippen LogP contribution is 2.17. The molecule has 17 heavy (non-hydrogen) atoms. The summed E-state index contributed by atoms with van der Waals surface area (Å²) in [6.45, 7) is 5.29. The quantitative estimate of drug-likeness (QED) is 0.772. The summed E-state index contributed by atoms with van der Waals surface area (Å²) in [6.07, 6.45) is 4.28. The first kappa shape index (κ1) is 14.5. The highest BCUT2D eigenvalue weighted by atomic mass is 35.5. The third-order valence-corrected chi connectivity index (χ3v) is 3.20. The van der Waals surface area contributed by atoms with Crippen LogP contribution in [-0.4, -0.2) is 12.6 Å². The van der Waals surface area contributed by atoms with Crippen LogP contribution in [0.25, 0.3) is 0 Å². The Kier molecular flexibility index (Phi) is 6.53. The van der Waals surface area contributed by atoms with E-state index < -0.39 is 0 Å². The fourth-order valence-corrected chi connectivity index (χ4v) is 2.14. The predicted molar refractivity (Wildman–Crippen MR) is 72.1 cm³/mol. The molecule has 1 rings (SSSR count). The normalized spacial score (nSPS) is 12.7. The number of halogens is 2. The molecule has 3 heteroatoms. The van der Waals surface area contributed by atoms with E-state index in [9.17, 15) is 4.39 Å². The van der Waals surface area contributed by atoms with Crippen LogP contribution in [0.3, 0.4) is 0 Å². The number of hydrogen-bond donors (Lipinski definition) is 1. The lowest BCUT2D eigenvalue weighted by Gasteiger charge is -2.16. The van der Waals surface area contributed by atoms with Crippen LogP contribution in [0, 0.1) is 5.82 Å². The minimum absolute atomic E-state index is 0.200. The van der Waals surface area contributed by atoms with Gasteiger partial charge in [-0.25, -0.2) is 4.39 Å². The van der Waals surface area contributed by atoms with Crippen molar-refractivity contribution in [3.8, 4) is 0 Å². The van der Waals surface area contributed by atoms with Gasteiger partial charge in [-0.3, -0.25) is 0 Å². The van der Waals surface area contributed by atoms with Crippen LogP contribution in [0.15, 0.2) is 18.2 Å². The van der Waals surface area contributed by atoms with Gasteiger partial charge in [0.2, 0.25) is 0 Å². The molecule has 0 bridgehead atoms. The van der Waals surface area contributed by atoms with Gasteiger partial charge in [-0.15, -0.1) is 0 Å². The molecule has 0 fully saturated rings. The smallest absolute Gasteiger partial charge is 0.142 e. The summed E-state index contributed by atoms with van der Waals surface area (Å²) < 4.78 is 13.3. The van der Waals surface area contributed by atoms with Crippen molar-refractivity contribution in [3.63, 3.8) is 0 Å². The van der Waals surface area contributed by atoms with E-state index in [1.54, 1.807) is 6.07 Å². The zero-order chi connectivity index (χ0) is 12.7. The fourth-order valence-electron chi connectivity index (χ4n) is 2.02. The summed E-state index contributed by atoms with van der Waals surface area (Å²) in [6, 6.07) is 5.61. The molecule has 0 heterocycles. The summed E-state index contributed by atoms with van der Waals surface area (Å²) in [5.74, 6) is -0.320. The Morgan fingerprint density at radius 2 is 2.06 bits per heavy atom. The van der Waals surface area contributed by atoms with Crippen molar-refractivity contribution in [3.05, 3.63) is 34.6 Å². The molecule has 1 aromatic carbocycles. The third-order valence-electron chi connectivity index (χ3n) is 2.90. The molecule has 0 aromatic heterocycles. The molecule has 0 saturated heterocycles. The van der Waals surface area contributed by atoms with Gasteiger partial charge in [-0.1, -0.05) is 37.9 Å². The standard InChI is InChI=1S/C14H21ClFN/c1-3-5-12(17-4-2)8-6-11-7-9-13(15)14(16)10-11/h7,9-10,12,17H,3-6,8H2,1-2H3. The zero-order valence-corrected chi connectivity index (χ0v) is 11.4. The van der Waals surface area contributed by atoms with E-state index in [4.69, 9.17) is 11.6 Å². The minimum Gasteiger partial charge on any atom is -0.314 e. The minimum atomic E-state index is -0.320. The molecule has 0 radical (unpaired) electrons. The Bertz CT molecular complexity index is 335. The molecule has 1 N–H and O–H groups in total. The second-order valence-corrected chi connectivity index (χ2v) is 4.74. The van der Waals surface area contributed by atoms with Gasteiger partial charge in [0.1, 0.15) is 5.82 Å². The van der Waals surface area contributed by atoms with E-state index >= 15 is 0 Å². The first-order valence-electron chi connectivity index (χ1n) is 6.34. The average molecular weight is 258 g/mol. The highest BCUT2D eigenvalue weighted by molar-refractivity contribution is 6.30. The van der Waals surface area contributed by atoms with Gasteiger partial charge in [0.05, 0.1) is 5.02 Å². The Morgan fingerprint density at radius 1 is 1.29 bits per heavy atom. The van der Waals surface area contributed by atoms with Crippen molar-refractivity contribution >= 4 is 11.6 Å². The molecule has 1 atom stereocenters. The highest BCUT2D eigenvalue weighted by Gasteiger charge is 2.07. The second kappa shape index (κ2) is 7.67. The van der Waals surface area contributed by atoms with Crippen LogP contribution in [0.5, 0.6) is 0 Å². The third kappa shape index (κ3) is 5.05. The number of rotatable bonds is 7. The van der Waals surface area contributed by atoms with E-state index in [0.717, 1.165) is 24.9 Å². The molecular formula is C14H21ClFN. The molecule has 0 aliphatic rings. The lowest BCUT2D eigenvalue weighted by Crippen LogP contribution is -2.29. The molecule has 0 spiro atoms. The van der Waals surface area contributed by atoms with E-state index in [0.29, 0.717) is 6.04 Å². The van der Waals surface area contributed by atoms with Crippen LogP contribution in [0.2, 0.25) is 5.02 Å². The maximum atomic E-state index is 13.3. The average Bonchev–Trinajstić information content (AvgIpc) is 2.31. The molecule has 0 amide bonds. The van der Waals surface area contributed by atoms with Gasteiger partial charge >= 0.3 is 0 Å². The van der Waals surface area contributed by atoms with E-state index in [-0.39, 0.29) is 10.8 Å². The molecule has 1 unspecified atom stereocenters. The Morgan fingerprint density at radius 3 is 2.65 bits per heavy atom. The van der Waals surface area contributed by atoms with Gasteiger partial charge in [0.15, 0.2) is 0 Å². The van der Waals surface area contributed by atoms with Gasteiger partial charge in [-0.2, -0.15) is 0 Å². The summed E-state index contributed by atoms with van der Waals surface area (Å²) in [7, 11) is 0. The summed E-state index contributed by atoms with van der Waals surface area (Å²) in [4.78, 5) is 0. The van der Waals surface area contributed by atoms with Crippen molar-refractivity contribution in [1.29, 1.82) is 0 Å². The number of aryl methyl sites for hydroxylation is 1.